The van der Waals surface area contributed by atoms with Crippen LogP contribution in [0.25, 0.3) is 0 Å². The molecular weight excluding hydrogens is 260 g/mol. The third-order valence-electron chi connectivity index (χ3n) is 4.36. The lowest BCUT2D eigenvalue weighted by molar-refractivity contribution is -0.150. The van der Waals surface area contributed by atoms with Gasteiger partial charge in [-0.05, 0) is 47.5 Å². The molecule has 0 aliphatic heterocycles. The molecule has 1 saturated carbocycles. The first kappa shape index (κ1) is 16.8. The molecule has 0 saturated heterocycles. The lowest BCUT2D eigenvalue weighted by atomic mass is 9.74. The number of rotatable bonds is 6. The van der Waals surface area contributed by atoms with Gasteiger partial charge in [0.15, 0.2) is 0 Å². The largest absolute Gasteiger partial charge is 0.481 e. The number of hydrogen-bond donors (Lipinski definition) is 3. The molecule has 0 aromatic carbocycles. The van der Waals surface area contributed by atoms with Crippen LogP contribution in [-0.4, -0.2) is 41.4 Å². The molecule has 0 bridgehead atoms. The fourth-order valence-electron chi connectivity index (χ4n) is 1.98. The second kappa shape index (κ2) is 5.99. The summed E-state index contributed by atoms with van der Waals surface area (Å²) in [4.78, 5) is 23.2. The molecule has 6 nitrogen and oxygen atoms in total. The maximum atomic E-state index is 11.9. The minimum absolute atomic E-state index is 0.107. The van der Waals surface area contributed by atoms with Crippen LogP contribution < -0.4 is 10.6 Å². The Morgan fingerprint density at radius 1 is 1.25 bits per heavy atom. The maximum Gasteiger partial charge on any atom is 0.315 e. The molecule has 0 aromatic rings. The number of carboxylic acids is 1. The molecule has 20 heavy (non-hydrogen) atoms. The van der Waals surface area contributed by atoms with Gasteiger partial charge in [0.2, 0.25) is 0 Å². The molecule has 0 unspecified atom stereocenters. The Labute approximate surface area is 120 Å². The third kappa shape index (κ3) is 3.62. The fourth-order valence-corrected chi connectivity index (χ4v) is 1.98. The Morgan fingerprint density at radius 2 is 1.80 bits per heavy atom. The third-order valence-corrected chi connectivity index (χ3v) is 4.36. The van der Waals surface area contributed by atoms with Gasteiger partial charge < -0.3 is 20.5 Å². The van der Waals surface area contributed by atoms with Crippen LogP contribution in [0.15, 0.2) is 0 Å². The summed E-state index contributed by atoms with van der Waals surface area (Å²) in [7, 11) is 0. The Balaban J connectivity index is 2.45. The summed E-state index contributed by atoms with van der Waals surface area (Å²) in [6.07, 6.45) is 1.85. The van der Waals surface area contributed by atoms with Crippen LogP contribution in [0.3, 0.4) is 0 Å². The van der Waals surface area contributed by atoms with Crippen LogP contribution in [0.5, 0.6) is 0 Å². The number of hydrogen-bond acceptors (Lipinski definition) is 3. The van der Waals surface area contributed by atoms with Crippen LogP contribution in [0.2, 0.25) is 0 Å². The highest BCUT2D eigenvalue weighted by Gasteiger charge is 2.44. The van der Waals surface area contributed by atoms with E-state index in [2.05, 4.69) is 10.6 Å². The SMILES string of the molecule is CCOC1CC(NC(=O)NC(C)(C)C(C)(C)C(=O)O)C1. The zero-order valence-electron chi connectivity index (χ0n) is 12.9. The molecule has 1 aliphatic rings. The average Bonchev–Trinajstić information content (AvgIpc) is 2.24. The van der Waals surface area contributed by atoms with Crippen LogP contribution in [0.4, 0.5) is 4.79 Å². The molecule has 0 atom stereocenters. The zero-order valence-corrected chi connectivity index (χ0v) is 12.9. The Kier molecular flexibility index (Phi) is 5.02. The Hall–Kier alpha value is -1.30. The van der Waals surface area contributed by atoms with Gasteiger partial charge in [0.05, 0.1) is 17.1 Å². The van der Waals surface area contributed by atoms with Crippen molar-refractivity contribution in [2.75, 3.05) is 6.61 Å². The highest BCUT2D eigenvalue weighted by molar-refractivity contribution is 5.79. The van der Waals surface area contributed by atoms with Gasteiger partial charge in [-0.15, -0.1) is 0 Å². The van der Waals surface area contributed by atoms with Gasteiger partial charge in [0.1, 0.15) is 0 Å². The normalized spacial score (nSPS) is 22.9. The number of carboxylic acid groups (broad SMARTS) is 1. The van der Waals surface area contributed by atoms with E-state index < -0.39 is 16.9 Å². The van der Waals surface area contributed by atoms with Crippen molar-refractivity contribution < 1.29 is 19.4 Å². The van der Waals surface area contributed by atoms with E-state index in [4.69, 9.17) is 4.74 Å². The first-order chi connectivity index (χ1) is 9.10. The van der Waals surface area contributed by atoms with Crippen LogP contribution in [0, 0.1) is 5.41 Å². The van der Waals surface area contributed by atoms with Gasteiger partial charge in [-0.2, -0.15) is 0 Å². The predicted octanol–water partition coefficient (Wildman–Crippen LogP) is 1.74. The molecule has 3 N–H and O–H groups in total. The lowest BCUT2D eigenvalue weighted by Gasteiger charge is -2.40. The maximum absolute atomic E-state index is 11.9. The summed E-state index contributed by atoms with van der Waals surface area (Å²) in [5, 5.41) is 14.8. The molecule has 6 heteroatoms. The Bertz CT molecular complexity index is 373. The molecule has 1 aliphatic carbocycles. The van der Waals surface area contributed by atoms with Gasteiger partial charge in [-0.25, -0.2) is 4.79 Å². The first-order valence-corrected chi connectivity index (χ1v) is 7.04. The van der Waals surface area contributed by atoms with E-state index in [1.54, 1.807) is 27.7 Å². The molecule has 1 fully saturated rings. The summed E-state index contributed by atoms with van der Waals surface area (Å²) in [5.74, 6) is -0.942. The molecule has 0 radical (unpaired) electrons. The molecular formula is C14H26N2O4. The van der Waals surface area contributed by atoms with Crippen molar-refractivity contribution in [1.82, 2.24) is 10.6 Å². The highest BCUT2D eigenvalue weighted by Crippen LogP contribution is 2.31. The van der Waals surface area contributed by atoms with Gasteiger partial charge in [-0.1, -0.05) is 0 Å². The molecule has 1 rings (SSSR count). The van der Waals surface area contributed by atoms with Crippen molar-refractivity contribution >= 4 is 12.0 Å². The van der Waals surface area contributed by atoms with Gasteiger partial charge in [0.25, 0.3) is 0 Å². The number of carbonyl (C=O) groups excluding carboxylic acids is 1. The average molecular weight is 286 g/mol. The summed E-state index contributed by atoms with van der Waals surface area (Å²) < 4.78 is 5.43. The van der Waals surface area contributed by atoms with Crippen molar-refractivity contribution in [3.05, 3.63) is 0 Å². The number of ether oxygens (including phenoxy) is 1. The van der Waals surface area contributed by atoms with Crippen LogP contribution in [0.1, 0.15) is 47.5 Å². The molecule has 116 valence electrons. The van der Waals surface area contributed by atoms with E-state index in [0.717, 1.165) is 12.8 Å². The molecule has 0 aromatic heterocycles. The van der Waals surface area contributed by atoms with E-state index >= 15 is 0 Å². The second-order valence-electron chi connectivity index (χ2n) is 6.40. The summed E-state index contributed by atoms with van der Waals surface area (Å²) >= 11 is 0. The minimum atomic E-state index is -1.06. The Morgan fingerprint density at radius 3 is 2.25 bits per heavy atom. The molecule has 0 spiro atoms. The number of urea groups is 1. The van der Waals surface area contributed by atoms with Gasteiger partial charge >= 0.3 is 12.0 Å². The summed E-state index contributed by atoms with van der Waals surface area (Å²) in [5.41, 5.74) is -1.91. The fraction of sp³-hybridized carbons (Fsp3) is 0.857. The van der Waals surface area contributed by atoms with Crippen molar-refractivity contribution in [2.24, 2.45) is 5.41 Å². The van der Waals surface area contributed by atoms with E-state index in [1.165, 1.54) is 0 Å². The van der Waals surface area contributed by atoms with E-state index in [-0.39, 0.29) is 18.2 Å². The topological polar surface area (TPSA) is 87.7 Å². The lowest BCUT2D eigenvalue weighted by Crippen LogP contribution is -2.61. The highest BCUT2D eigenvalue weighted by atomic mass is 16.5. The number of aliphatic carboxylic acids is 1. The summed E-state index contributed by atoms with van der Waals surface area (Å²) in [6.45, 7) is 9.26. The summed E-state index contributed by atoms with van der Waals surface area (Å²) in [6, 6.07) is -0.223. The quantitative estimate of drug-likeness (QED) is 0.694. The van der Waals surface area contributed by atoms with E-state index in [0.29, 0.717) is 6.61 Å². The minimum Gasteiger partial charge on any atom is -0.481 e. The zero-order chi connectivity index (χ0) is 15.6. The smallest absolute Gasteiger partial charge is 0.315 e. The number of carbonyl (C=O) groups is 2. The van der Waals surface area contributed by atoms with E-state index in [9.17, 15) is 14.7 Å². The van der Waals surface area contributed by atoms with Crippen LogP contribution in [-0.2, 0) is 9.53 Å². The standard InChI is InChI=1S/C14H26N2O4/c1-6-20-10-7-9(8-10)15-12(19)16-14(4,5)13(2,3)11(17)18/h9-10H,6-8H2,1-5H3,(H,17,18)(H2,15,16,19). The first-order valence-electron chi connectivity index (χ1n) is 7.04. The molecule has 0 heterocycles. The van der Waals surface area contributed by atoms with Crippen molar-refractivity contribution in [2.45, 2.75) is 65.1 Å². The van der Waals surface area contributed by atoms with Gasteiger partial charge in [-0.3, -0.25) is 4.79 Å². The number of amides is 2. The monoisotopic (exact) mass is 286 g/mol. The number of nitrogens with one attached hydrogen (secondary N) is 2. The molecule has 2 amide bonds. The van der Waals surface area contributed by atoms with Crippen molar-refractivity contribution in [1.29, 1.82) is 0 Å². The van der Waals surface area contributed by atoms with Crippen LogP contribution >= 0.6 is 0 Å². The van der Waals surface area contributed by atoms with Crippen molar-refractivity contribution in [3.63, 3.8) is 0 Å². The van der Waals surface area contributed by atoms with Gasteiger partial charge in [0, 0.05) is 12.6 Å². The predicted molar refractivity (Wildman–Crippen MR) is 75.6 cm³/mol. The van der Waals surface area contributed by atoms with E-state index in [1.807, 2.05) is 6.92 Å². The van der Waals surface area contributed by atoms with Crippen molar-refractivity contribution in [3.8, 4) is 0 Å². The second-order valence-corrected chi connectivity index (χ2v) is 6.40.